The monoisotopic (exact) mass is 515 g/mol. The van der Waals surface area contributed by atoms with Crippen molar-refractivity contribution in [3.63, 3.8) is 0 Å². The average Bonchev–Trinajstić information content (AvgIpc) is 3.37. The molecule has 1 aliphatic heterocycles. The van der Waals surface area contributed by atoms with E-state index >= 15 is 0 Å². The topological polar surface area (TPSA) is 72.2 Å². The number of hydrogen-bond donors (Lipinski definition) is 0. The van der Waals surface area contributed by atoms with Crippen LogP contribution in [0, 0.1) is 17.5 Å². The van der Waals surface area contributed by atoms with Crippen LogP contribution in [0.5, 0.6) is 0 Å². The zero-order valence-corrected chi connectivity index (χ0v) is 20.8. The molecule has 4 heterocycles. The van der Waals surface area contributed by atoms with E-state index in [9.17, 15) is 13.2 Å². The summed E-state index contributed by atoms with van der Waals surface area (Å²) < 4.78 is 52.0. The SMILES string of the molecule is C[C@H]1CN(c2nc(-c3c(F)cc(F)cc3F)c3sc(N(C)C)nc3n2)C[C@@H](c2cnn(C3CC3)c2)O1. The maximum Gasteiger partial charge on any atom is 0.228 e. The van der Waals surface area contributed by atoms with Crippen molar-refractivity contribution in [3.05, 3.63) is 47.5 Å². The van der Waals surface area contributed by atoms with Crippen molar-refractivity contribution in [2.24, 2.45) is 0 Å². The van der Waals surface area contributed by atoms with E-state index < -0.39 is 23.0 Å². The van der Waals surface area contributed by atoms with E-state index in [4.69, 9.17) is 4.74 Å². The van der Waals surface area contributed by atoms with Crippen LogP contribution in [0.15, 0.2) is 24.5 Å². The summed E-state index contributed by atoms with van der Waals surface area (Å²) in [6, 6.07) is 1.77. The molecule has 0 bridgehead atoms. The second-order valence-corrected chi connectivity index (χ2v) is 10.5. The maximum atomic E-state index is 14.9. The Labute approximate surface area is 209 Å². The van der Waals surface area contributed by atoms with Gasteiger partial charge in [0.15, 0.2) is 10.8 Å². The Bertz CT molecular complexity index is 1430. The number of aromatic nitrogens is 5. The van der Waals surface area contributed by atoms with E-state index in [2.05, 4.69) is 20.1 Å². The van der Waals surface area contributed by atoms with Gasteiger partial charge in [-0.15, -0.1) is 0 Å². The molecule has 2 aliphatic rings. The van der Waals surface area contributed by atoms with Crippen LogP contribution < -0.4 is 9.80 Å². The molecule has 0 amide bonds. The molecule has 1 aliphatic carbocycles. The highest BCUT2D eigenvalue weighted by Crippen LogP contribution is 2.39. The number of thiazole rings is 1. The maximum absolute atomic E-state index is 14.9. The smallest absolute Gasteiger partial charge is 0.228 e. The Hall–Kier alpha value is -3.25. The van der Waals surface area contributed by atoms with Crippen LogP contribution >= 0.6 is 11.3 Å². The molecule has 0 N–H and O–H groups in total. The summed E-state index contributed by atoms with van der Waals surface area (Å²) in [5.74, 6) is -2.77. The minimum absolute atomic E-state index is 0.0489. The van der Waals surface area contributed by atoms with Crippen LogP contribution in [-0.2, 0) is 4.74 Å². The highest BCUT2D eigenvalue weighted by molar-refractivity contribution is 7.22. The summed E-state index contributed by atoms with van der Waals surface area (Å²) in [5.41, 5.74) is 0.929. The van der Waals surface area contributed by atoms with Crippen LogP contribution in [0.1, 0.15) is 37.5 Å². The molecule has 4 aromatic rings. The molecule has 36 heavy (non-hydrogen) atoms. The van der Waals surface area contributed by atoms with E-state index in [1.54, 1.807) is 4.90 Å². The highest BCUT2D eigenvalue weighted by Gasteiger charge is 2.32. The summed E-state index contributed by atoms with van der Waals surface area (Å²) >= 11 is 1.22. The quantitative estimate of drug-likeness (QED) is 0.380. The van der Waals surface area contributed by atoms with Gasteiger partial charge in [-0.2, -0.15) is 15.1 Å². The molecule has 1 saturated heterocycles. The van der Waals surface area contributed by atoms with Crippen molar-refractivity contribution < 1.29 is 17.9 Å². The van der Waals surface area contributed by atoms with Gasteiger partial charge < -0.3 is 14.5 Å². The summed E-state index contributed by atoms with van der Waals surface area (Å²) in [6.45, 7) is 2.87. The number of anilines is 2. The first-order valence-corrected chi connectivity index (χ1v) is 12.5. The third-order valence-electron chi connectivity index (χ3n) is 6.31. The largest absolute Gasteiger partial charge is 0.367 e. The fourth-order valence-corrected chi connectivity index (χ4v) is 5.35. The van der Waals surface area contributed by atoms with Gasteiger partial charge in [0.05, 0.1) is 30.5 Å². The number of halogens is 3. The predicted molar refractivity (Wildman–Crippen MR) is 131 cm³/mol. The Kier molecular flexibility index (Phi) is 5.60. The molecule has 1 aromatic carbocycles. The van der Waals surface area contributed by atoms with Gasteiger partial charge in [0.1, 0.15) is 33.9 Å². The molecule has 1 saturated carbocycles. The lowest BCUT2D eigenvalue weighted by molar-refractivity contribution is -0.0178. The van der Waals surface area contributed by atoms with Crippen LogP contribution in [-0.4, -0.2) is 58.0 Å². The van der Waals surface area contributed by atoms with E-state index in [0.29, 0.717) is 46.7 Å². The van der Waals surface area contributed by atoms with Crippen molar-refractivity contribution in [2.75, 3.05) is 37.0 Å². The van der Waals surface area contributed by atoms with Crippen LogP contribution in [0.4, 0.5) is 24.3 Å². The van der Waals surface area contributed by atoms with Crippen molar-refractivity contribution in [3.8, 4) is 11.3 Å². The van der Waals surface area contributed by atoms with Gasteiger partial charge in [-0.3, -0.25) is 4.68 Å². The van der Waals surface area contributed by atoms with Crippen molar-refractivity contribution in [1.29, 1.82) is 0 Å². The lowest BCUT2D eigenvalue weighted by atomic mass is 10.1. The Morgan fingerprint density at radius 3 is 2.50 bits per heavy atom. The standard InChI is InChI=1S/C24H24F3N7OS/c1-12-9-33(11-18(35-12)13-8-28-34(10-13)15-4-5-15)23-29-20(19-16(26)6-14(25)7-17(19)27)21-22(30-23)31-24(36-21)32(2)3/h6-8,10,12,15,18H,4-5,9,11H2,1-3H3/t12-,18-/m0/s1. The lowest BCUT2D eigenvalue weighted by Crippen LogP contribution is -2.43. The van der Waals surface area contributed by atoms with E-state index in [1.165, 1.54) is 11.3 Å². The molecule has 188 valence electrons. The fourth-order valence-electron chi connectivity index (χ4n) is 4.43. The minimum Gasteiger partial charge on any atom is -0.367 e. The van der Waals surface area contributed by atoms with Gasteiger partial charge in [-0.05, 0) is 19.8 Å². The number of hydrogen-bond acceptors (Lipinski definition) is 8. The van der Waals surface area contributed by atoms with Gasteiger partial charge in [-0.25, -0.2) is 18.2 Å². The predicted octanol–water partition coefficient (Wildman–Crippen LogP) is 4.73. The Balaban J connectivity index is 1.44. The molecule has 0 unspecified atom stereocenters. The Morgan fingerprint density at radius 1 is 1.06 bits per heavy atom. The third kappa shape index (κ3) is 4.17. The number of ether oxygens (including phenoxy) is 1. The summed E-state index contributed by atoms with van der Waals surface area (Å²) in [4.78, 5) is 17.6. The van der Waals surface area contributed by atoms with Gasteiger partial charge in [0.2, 0.25) is 5.95 Å². The molecule has 6 rings (SSSR count). The molecular weight excluding hydrogens is 491 g/mol. The van der Waals surface area contributed by atoms with Gasteiger partial charge in [-0.1, -0.05) is 11.3 Å². The van der Waals surface area contributed by atoms with Crippen molar-refractivity contribution in [1.82, 2.24) is 24.7 Å². The number of benzene rings is 1. The highest BCUT2D eigenvalue weighted by atomic mass is 32.1. The van der Waals surface area contributed by atoms with E-state index in [-0.39, 0.29) is 23.9 Å². The average molecular weight is 516 g/mol. The van der Waals surface area contributed by atoms with Gasteiger partial charge in [0.25, 0.3) is 0 Å². The van der Waals surface area contributed by atoms with E-state index in [1.807, 2.05) is 43.0 Å². The summed E-state index contributed by atoms with van der Waals surface area (Å²) in [6.07, 6.45) is 5.68. The number of nitrogens with zero attached hydrogens (tertiary/aromatic N) is 7. The molecule has 2 fully saturated rings. The first-order chi connectivity index (χ1) is 17.3. The normalized spacial score (nSPS) is 20.3. The van der Waals surface area contributed by atoms with Crippen molar-refractivity contribution in [2.45, 2.75) is 38.0 Å². The van der Waals surface area contributed by atoms with Crippen LogP contribution in [0.3, 0.4) is 0 Å². The summed E-state index contributed by atoms with van der Waals surface area (Å²) in [5, 5.41) is 5.09. The zero-order chi connectivity index (χ0) is 25.1. The number of rotatable bonds is 5. The first kappa shape index (κ1) is 23.2. The van der Waals surface area contributed by atoms with Gasteiger partial charge >= 0.3 is 0 Å². The molecular formula is C24H24F3N7OS. The number of fused-ring (bicyclic) bond motifs is 1. The van der Waals surface area contributed by atoms with Gasteiger partial charge in [0, 0.05) is 44.5 Å². The second kappa shape index (κ2) is 8.70. The Morgan fingerprint density at radius 2 is 1.81 bits per heavy atom. The molecule has 3 aromatic heterocycles. The molecule has 2 atom stereocenters. The summed E-state index contributed by atoms with van der Waals surface area (Å²) in [7, 11) is 3.64. The molecule has 12 heteroatoms. The molecule has 8 nitrogen and oxygen atoms in total. The number of morpholine rings is 1. The van der Waals surface area contributed by atoms with Crippen LogP contribution in [0.25, 0.3) is 21.6 Å². The van der Waals surface area contributed by atoms with Crippen LogP contribution in [0.2, 0.25) is 0 Å². The third-order valence-corrected chi connectivity index (χ3v) is 7.53. The molecule has 0 spiro atoms. The lowest BCUT2D eigenvalue weighted by Gasteiger charge is -2.36. The van der Waals surface area contributed by atoms with Crippen molar-refractivity contribution >= 4 is 32.8 Å². The van der Waals surface area contributed by atoms with E-state index in [0.717, 1.165) is 18.4 Å². The fraction of sp³-hybridized carbons (Fsp3) is 0.417. The minimum atomic E-state index is -1.03. The molecule has 0 radical (unpaired) electrons. The zero-order valence-electron chi connectivity index (χ0n) is 20.0. The second-order valence-electron chi connectivity index (χ2n) is 9.49. The first-order valence-electron chi connectivity index (χ1n) is 11.7.